The van der Waals surface area contributed by atoms with Crippen LogP contribution in [0.1, 0.15) is 71.1 Å². The molecule has 0 aliphatic carbocycles. The fourth-order valence-electron chi connectivity index (χ4n) is 1.97. The van der Waals surface area contributed by atoms with E-state index >= 15 is 0 Å². The van der Waals surface area contributed by atoms with E-state index in [2.05, 4.69) is 11.6 Å². The summed E-state index contributed by atoms with van der Waals surface area (Å²) in [5.74, 6) is 0. The lowest BCUT2D eigenvalue weighted by Crippen LogP contribution is -2.39. The fraction of sp³-hybridized carbons (Fsp3) is 0.923. The minimum absolute atomic E-state index is 0.277. The number of nitrogens with one attached hydrogen (secondary N) is 2. The maximum absolute atomic E-state index is 11.1. The van der Waals surface area contributed by atoms with Crippen LogP contribution in [0.3, 0.4) is 0 Å². The molecule has 0 fully saturated rings. The summed E-state index contributed by atoms with van der Waals surface area (Å²) in [5.41, 5.74) is 0. The molecule has 0 heterocycles. The number of hydrogen-bond acceptors (Lipinski definition) is 3. The van der Waals surface area contributed by atoms with Crippen molar-refractivity contribution in [2.45, 2.75) is 71.1 Å². The first kappa shape index (κ1) is 19.2. The van der Waals surface area contributed by atoms with E-state index in [0.717, 1.165) is 19.3 Å². The van der Waals surface area contributed by atoms with Crippen LogP contribution in [0.2, 0.25) is 0 Å². The highest BCUT2D eigenvalue weighted by Gasteiger charge is 2.11. The van der Waals surface area contributed by atoms with Crippen LogP contribution in [0.4, 0.5) is 4.79 Å². The van der Waals surface area contributed by atoms with E-state index in [1.807, 2.05) is 0 Å². The van der Waals surface area contributed by atoms with Gasteiger partial charge >= 0.3 is 16.3 Å². The first-order valence-electron chi connectivity index (χ1n) is 7.48. The summed E-state index contributed by atoms with van der Waals surface area (Å²) in [7, 11) is -3.89. The van der Waals surface area contributed by atoms with Gasteiger partial charge in [-0.1, -0.05) is 64.7 Å². The van der Waals surface area contributed by atoms with Crippen LogP contribution in [-0.4, -0.2) is 26.2 Å². The molecular formula is C13H28N2O4S. The molecule has 1 amide bonds. The molecule has 0 spiro atoms. The summed E-state index contributed by atoms with van der Waals surface area (Å²) in [6.07, 6.45) is 10.2. The molecule has 0 aromatic carbocycles. The van der Waals surface area contributed by atoms with Crippen molar-refractivity contribution < 1.29 is 18.3 Å². The fourth-order valence-corrected chi connectivity index (χ4v) is 2.69. The molecule has 0 aliphatic rings. The Morgan fingerprint density at radius 3 is 1.80 bits per heavy atom. The second-order valence-electron chi connectivity index (χ2n) is 4.99. The molecule has 0 aromatic heterocycles. The summed E-state index contributed by atoms with van der Waals surface area (Å²) in [6.45, 7) is 2.49. The third kappa shape index (κ3) is 13.6. The van der Waals surface area contributed by atoms with Gasteiger partial charge in [0.25, 0.3) is 0 Å². The zero-order valence-corrected chi connectivity index (χ0v) is 13.2. The van der Waals surface area contributed by atoms with Crippen LogP contribution in [0.15, 0.2) is 0 Å². The number of unbranched alkanes of at least 4 members (excludes halogenated alkanes) is 9. The molecule has 0 saturated heterocycles. The number of hydrogen-bond donors (Lipinski definition) is 3. The average Bonchev–Trinajstić information content (AvgIpc) is 2.34. The van der Waals surface area contributed by atoms with Crippen molar-refractivity contribution in [2.24, 2.45) is 0 Å². The molecule has 3 N–H and O–H groups in total. The second kappa shape index (κ2) is 12.0. The molecular weight excluding hydrogens is 280 g/mol. The highest BCUT2D eigenvalue weighted by atomic mass is 32.2. The highest BCUT2D eigenvalue weighted by Crippen LogP contribution is 2.10. The van der Waals surface area contributed by atoms with Gasteiger partial charge in [0.1, 0.15) is 0 Å². The Balaban J connectivity index is 3.30. The molecule has 0 aromatic rings. The molecule has 20 heavy (non-hydrogen) atoms. The standard InChI is InChI=1S/C13H28N2O4S/c1-2-3-4-5-6-7-8-9-10-11-12-14-20(18,19)15-13(16)17/h14-15H,2-12H2,1H3,(H,16,17). The van der Waals surface area contributed by atoms with Crippen LogP contribution in [0, 0.1) is 0 Å². The van der Waals surface area contributed by atoms with Gasteiger partial charge in [-0.05, 0) is 6.42 Å². The van der Waals surface area contributed by atoms with Crippen LogP contribution < -0.4 is 9.44 Å². The Morgan fingerprint density at radius 1 is 0.900 bits per heavy atom. The van der Waals surface area contributed by atoms with Crippen molar-refractivity contribution in [1.29, 1.82) is 0 Å². The van der Waals surface area contributed by atoms with Crippen molar-refractivity contribution in [3.05, 3.63) is 0 Å². The SMILES string of the molecule is CCCCCCCCCCCCNS(=O)(=O)NC(=O)O. The van der Waals surface area contributed by atoms with Gasteiger partial charge in [0.05, 0.1) is 0 Å². The maximum atomic E-state index is 11.1. The van der Waals surface area contributed by atoms with Gasteiger partial charge in [-0.15, -0.1) is 0 Å². The van der Waals surface area contributed by atoms with Crippen molar-refractivity contribution in [2.75, 3.05) is 6.54 Å². The Kier molecular flexibility index (Phi) is 11.5. The lowest BCUT2D eigenvalue weighted by Gasteiger charge is -2.05. The van der Waals surface area contributed by atoms with E-state index in [-0.39, 0.29) is 6.54 Å². The number of carboxylic acid groups (broad SMARTS) is 1. The highest BCUT2D eigenvalue weighted by molar-refractivity contribution is 7.88. The zero-order valence-electron chi connectivity index (χ0n) is 12.4. The molecule has 0 atom stereocenters. The lowest BCUT2D eigenvalue weighted by molar-refractivity contribution is 0.201. The molecule has 0 aliphatic heterocycles. The van der Waals surface area contributed by atoms with Crippen molar-refractivity contribution in [1.82, 2.24) is 9.44 Å². The summed E-state index contributed by atoms with van der Waals surface area (Å²) in [4.78, 5) is 10.2. The smallest absolute Gasteiger partial charge is 0.419 e. The molecule has 0 bridgehead atoms. The largest absolute Gasteiger partial charge is 0.464 e. The Hall–Kier alpha value is -0.820. The van der Waals surface area contributed by atoms with Crippen molar-refractivity contribution >= 4 is 16.3 Å². The van der Waals surface area contributed by atoms with Crippen LogP contribution >= 0.6 is 0 Å². The predicted molar refractivity (Wildman–Crippen MR) is 79.9 cm³/mol. The lowest BCUT2D eigenvalue weighted by atomic mass is 10.1. The summed E-state index contributed by atoms with van der Waals surface area (Å²) < 4.78 is 25.8. The molecule has 0 rings (SSSR count). The first-order valence-corrected chi connectivity index (χ1v) is 8.96. The summed E-state index contributed by atoms with van der Waals surface area (Å²) in [6, 6.07) is 0. The van der Waals surface area contributed by atoms with Crippen LogP contribution in [-0.2, 0) is 10.2 Å². The van der Waals surface area contributed by atoms with E-state index < -0.39 is 16.3 Å². The minimum atomic E-state index is -3.89. The topological polar surface area (TPSA) is 95.5 Å². The normalized spacial score (nSPS) is 11.4. The Morgan fingerprint density at radius 2 is 1.35 bits per heavy atom. The number of amides is 1. The maximum Gasteiger partial charge on any atom is 0.419 e. The van der Waals surface area contributed by atoms with Gasteiger partial charge < -0.3 is 5.11 Å². The van der Waals surface area contributed by atoms with E-state index in [0.29, 0.717) is 0 Å². The second-order valence-corrected chi connectivity index (χ2v) is 6.49. The van der Waals surface area contributed by atoms with Gasteiger partial charge in [0.15, 0.2) is 0 Å². The summed E-state index contributed by atoms with van der Waals surface area (Å²) in [5, 5.41) is 8.30. The Labute approximate surface area is 122 Å². The third-order valence-electron chi connectivity index (χ3n) is 3.04. The predicted octanol–water partition coefficient (Wildman–Crippen LogP) is 3.01. The van der Waals surface area contributed by atoms with Gasteiger partial charge in [0, 0.05) is 6.54 Å². The molecule has 7 heteroatoms. The minimum Gasteiger partial charge on any atom is -0.464 e. The van der Waals surface area contributed by atoms with E-state index in [1.165, 1.54) is 49.7 Å². The van der Waals surface area contributed by atoms with Gasteiger partial charge in [-0.25, -0.2) is 9.52 Å². The van der Waals surface area contributed by atoms with Crippen LogP contribution in [0.5, 0.6) is 0 Å². The first-order chi connectivity index (χ1) is 9.48. The van der Waals surface area contributed by atoms with Crippen LogP contribution in [0.25, 0.3) is 0 Å². The van der Waals surface area contributed by atoms with Gasteiger partial charge in [-0.3, -0.25) is 0 Å². The summed E-state index contributed by atoms with van der Waals surface area (Å²) >= 11 is 0. The molecule has 0 unspecified atom stereocenters. The zero-order chi connectivity index (χ0) is 15.3. The van der Waals surface area contributed by atoms with Crippen molar-refractivity contribution in [3.63, 3.8) is 0 Å². The number of carbonyl (C=O) groups is 1. The van der Waals surface area contributed by atoms with Gasteiger partial charge in [-0.2, -0.15) is 13.1 Å². The van der Waals surface area contributed by atoms with E-state index in [1.54, 1.807) is 0 Å². The van der Waals surface area contributed by atoms with E-state index in [9.17, 15) is 13.2 Å². The molecule has 0 radical (unpaired) electrons. The van der Waals surface area contributed by atoms with Crippen molar-refractivity contribution in [3.8, 4) is 0 Å². The van der Waals surface area contributed by atoms with E-state index in [4.69, 9.17) is 5.11 Å². The quantitative estimate of drug-likeness (QED) is 0.456. The monoisotopic (exact) mass is 308 g/mol. The van der Waals surface area contributed by atoms with Gasteiger partial charge in [0.2, 0.25) is 0 Å². The Bertz CT molecular complexity index is 344. The molecule has 0 saturated carbocycles. The molecule has 6 nitrogen and oxygen atoms in total. The average molecular weight is 308 g/mol. The number of rotatable bonds is 13. The molecule has 120 valence electrons. The third-order valence-corrected chi connectivity index (χ3v) is 4.07.